The SMILES string of the molecule is O=C(O)Cc1c2n(c3ccccc13)C[C@H](NC(=O)C1(c3ccc(F)cc3)CCCC1)CC2. The quantitative estimate of drug-likeness (QED) is 0.627. The predicted molar refractivity (Wildman–Crippen MR) is 120 cm³/mol. The minimum Gasteiger partial charge on any atom is -0.481 e. The van der Waals surface area contributed by atoms with Crippen LogP contribution in [-0.4, -0.2) is 27.6 Å². The summed E-state index contributed by atoms with van der Waals surface area (Å²) in [5.41, 5.74) is 3.26. The number of aromatic nitrogens is 1. The molecule has 0 spiro atoms. The van der Waals surface area contributed by atoms with E-state index in [2.05, 4.69) is 9.88 Å². The predicted octanol–water partition coefficient (Wildman–Crippen LogP) is 4.35. The molecule has 5 nitrogen and oxygen atoms in total. The number of carboxylic acid groups (broad SMARTS) is 1. The van der Waals surface area contributed by atoms with Crippen molar-refractivity contribution in [3.63, 3.8) is 0 Å². The Labute approximate surface area is 186 Å². The van der Waals surface area contributed by atoms with Crippen LogP contribution in [-0.2, 0) is 34.4 Å². The molecule has 0 bridgehead atoms. The number of hydrogen-bond donors (Lipinski definition) is 2. The van der Waals surface area contributed by atoms with E-state index < -0.39 is 11.4 Å². The van der Waals surface area contributed by atoms with Gasteiger partial charge in [-0.25, -0.2) is 4.39 Å². The van der Waals surface area contributed by atoms with Gasteiger partial charge in [0.1, 0.15) is 5.82 Å². The van der Waals surface area contributed by atoms with Crippen LogP contribution in [0.15, 0.2) is 48.5 Å². The minimum atomic E-state index is -0.831. The van der Waals surface area contributed by atoms with Crippen molar-refractivity contribution in [3.8, 4) is 0 Å². The molecule has 2 aromatic carbocycles. The number of nitrogens with one attached hydrogen (secondary N) is 1. The molecule has 6 heteroatoms. The Balaban J connectivity index is 1.42. The fraction of sp³-hybridized carbons (Fsp3) is 0.385. The minimum absolute atomic E-state index is 0.00749. The van der Waals surface area contributed by atoms with Crippen molar-refractivity contribution in [2.24, 2.45) is 0 Å². The topological polar surface area (TPSA) is 71.3 Å². The molecule has 1 aromatic heterocycles. The number of carbonyl (C=O) groups is 2. The summed E-state index contributed by atoms with van der Waals surface area (Å²) in [6.07, 6.45) is 5.03. The van der Waals surface area contributed by atoms with Crippen LogP contribution < -0.4 is 5.32 Å². The number of carboxylic acids is 1. The molecule has 1 amide bonds. The van der Waals surface area contributed by atoms with Crippen molar-refractivity contribution < 1.29 is 19.1 Å². The normalized spacial score (nSPS) is 19.6. The summed E-state index contributed by atoms with van der Waals surface area (Å²) in [4.78, 5) is 25.0. The number of carbonyl (C=O) groups excluding carboxylic acids is 1. The number of nitrogens with zero attached hydrogens (tertiary/aromatic N) is 1. The molecule has 2 aliphatic rings. The lowest BCUT2D eigenvalue weighted by Crippen LogP contribution is -2.49. The maximum Gasteiger partial charge on any atom is 0.307 e. The molecule has 3 aromatic rings. The van der Waals surface area contributed by atoms with Gasteiger partial charge in [0.2, 0.25) is 5.91 Å². The Hall–Kier alpha value is -3.15. The Bertz CT molecular complexity index is 1180. The van der Waals surface area contributed by atoms with Crippen LogP contribution in [0.3, 0.4) is 0 Å². The Morgan fingerprint density at radius 1 is 1.09 bits per heavy atom. The molecule has 2 N–H and O–H groups in total. The molecule has 0 saturated heterocycles. The van der Waals surface area contributed by atoms with Crippen molar-refractivity contribution >= 4 is 22.8 Å². The second kappa shape index (κ2) is 8.08. The molecule has 1 aliphatic heterocycles. The van der Waals surface area contributed by atoms with Gasteiger partial charge in [0.25, 0.3) is 0 Å². The zero-order valence-electron chi connectivity index (χ0n) is 17.9. The first-order chi connectivity index (χ1) is 15.5. The van der Waals surface area contributed by atoms with Crippen LogP contribution in [0.4, 0.5) is 4.39 Å². The zero-order chi connectivity index (χ0) is 22.3. The zero-order valence-corrected chi connectivity index (χ0v) is 17.9. The highest BCUT2D eigenvalue weighted by molar-refractivity contribution is 5.90. The second-order valence-corrected chi connectivity index (χ2v) is 9.13. The Morgan fingerprint density at radius 2 is 1.81 bits per heavy atom. The van der Waals surface area contributed by atoms with Gasteiger partial charge < -0.3 is 15.0 Å². The van der Waals surface area contributed by atoms with E-state index in [9.17, 15) is 19.1 Å². The lowest BCUT2D eigenvalue weighted by Gasteiger charge is -2.33. The molecule has 166 valence electrons. The van der Waals surface area contributed by atoms with Crippen LogP contribution in [0.25, 0.3) is 10.9 Å². The average Bonchev–Trinajstić information content (AvgIpc) is 3.39. The Kier molecular flexibility index (Phi) is 5.24. The summed E-state index contributed by atoms with van der Waals surface area (Å²) in [6.45, 7) is 0.626. The van der Waals surface area contributed by atoms with E-state index >= 15 is 0 Å². The largest absolute Gasteiger partial charge is 0.481 e. The summed E-state index contributed by atoms with van der Waals surface area (Å²) >= 11 is 0. The molecule has 1 atom stereocenters. The number of hydrogen-bond acceptors (Lipinski definition) is 2. The van der Waals surface area contributed by atoms with Crippen LogP contribution in [0.2, 0.25) is 0 Å². The van der Waals surface area contributed by atoms with E-state index in [-0.39, 0.29) is 24.2 Å². The van der Waals surface area contributed by atoms with Gasteiger partial charge in [-0.05, 0) is 55.0 Å². The molecule has 0 radical (unpaired) electrons. The molecule has 32 heavy (non-hydrogen) atoms. The van der Waals surface area contributed by atoms with E-state index in [0.717, 1.165) is 66.2 Å². The van der Waals surface area contributed by atoms with E-state index in [1.165, 1.54) is 12.1 Å². The third-order valence-electron chi connectivity index (χ3n) is 7.28. The van der Waals surface area contributed by atoms with Gasteiger partial charge in [0.15, 0.2) is 0 Å². The van der Waals surface area contributed by atoms with Crippen molar-refractivity contribution in [2.75, 3.05) is 0 Å². The molecule has 2 heterocycles. The maximum absolute atomic E-state index is 13.6. The highest BCUT2D eigenvalue weighted by atomic mass is 19.1. The van der Waals surface area contributed by atoms with E-state index in [0.29, 0.717) is 6.54 Å². The van der Waals surface area contributed by atoms with Crippen LogP contribution in [0, 0.1) is 5.82 Å². The summed E-state index contributed by atoms with van der Waals surface area (Å²) in [5.74, 6) is -1.10. The van der Waals surface area contributed by atoms with Gasteiger partial charge in [0.05, 0.1) is 11.8 Å². The highest BCUT2D eigenvalue weighted by Crippen LogP contribution is 2.42. The summed E-state index contributed by atoms with van der Waals surface area (Å²) in [5, 5.41) is 13.7. The first kappa shape index (κ1) is 20.7. The maximum atomic E-state index is 13.6. The van der Waals surface area contributed by atoms with Crippen LogP contribution in [0.5, 0.6) is 0 Å². The number of para-hydroxylation sites is 1. The van der Waals surface area contributed by atoms with Gasteiger partial charge in [-0.1, -0.05) is 43.2 Å². The fourth-order valence-corrected chi connectivity index (χ4v) is 5.73. The van der Waals surface area contributed by atoms with Crippen molar-refractivity contribution in [2.45, 2.75) is 62.9 Å². The second-order valence-electron chi connectivity index (χ2n) is 9.13. The van der Waals surface area contributed by atoms with Crippen molar-refractivity contribution in [1.29, 1.82) is 0 Å². The molecule has 1 saturated carbocycles. The van der Waals surface area contributed by atoms with Gasteiger partial charge in [-0.15, -0.1) is 0 Å². The van der Waals surface area contributed by atoms with Gasteiger partial charge in [-0.2, -0.15) is 0 Å². The number of aliphatic carboxylic acids is 1. The summed E-state index contributed by atoms with van der Waals surface area (Å²) < 4.78 is 15.7. The summed E-state index contributed by atoms with van der Waals surface area (Å²) in [7, 11) is 0. The van der Waals surface area contributed by atoms with Crippen molar-refractivity contribution in [3.05, 3.63) is 71.2 Å². The highest BCUT2D eigenvalue weighted by Gasteiger charge is 2.43. The summed E-state index contributed by atoms with van der Waals surface area (Å²) in [6, 6.07) is 14.2. The average molecular weight is 435 g/mol. The third-order valence-corrected chi connectivity index (χ3v) is 7.28. The number of rotatable bonds is 5. The van der Waals surface area contributed by atoms with Crippen molar-refractivity contribution in [1.82, 2.24) is 9.88 Å². The first-order valence-electron chi connectivity index (χ1n) is 11.4. The van der Waals surface area contributed by atoms with Gasteiger partial charge in [0, 0.05) is 29.2 Å². The van der Waals surface area contributed by atoms with Crippen LogP contribution >= 0.6 is 0 Å². The van der Waals surface area contributed by atoms with Gasteiger partial charge in [-0.3, -0.25) is 9.59 Å². The van der Waals surface area contributed by atoms with E-state index in [1.807, 2.05) is 24.3 Å². The third kappa shape index (κ3) is 3.48. The van der Waals surface area contributed by atoms with E-state index in [4.69, 9.17) is 0 Å². The van der Waals surface area contributed by atoms with E-state index in [1.54, 1.807) is 12.1 Å². The number of benzene rings is 2. The smallest absolute Gasteiger partial charge is 0.307 e. The first-order valence-corrected chi connectivity index (χ1v) is 11.4. The molecule has 0 unspecified atom stereocenters. The van der Waals surface area contributed by atoms with Crippen LogP contribution in [0.1, 0.15) is 48.9 Å². The lowest BCUT2D eigenvalue weighted by molar-refractivity contribution is -0.136. The molecule has 1 fully saturated rings. The molecular weight excluding hydrogens is 407 g/mol. The fourth-order valence-electron chi connectivity index (χ4n) is 5.73. The molecule has 1 aliphatic carbocycles. The number of amides is 1. The standard InChI is InChI=1S/C26H27FN2O3/c27-18-9-7-17(8-10-18)26(13-3-4-14-26)25(32)28-19-11-12-23-21(15-24(30)31)20-5-1-2-6-22(20)29(23)16-19/h1-2,5-10,19H,3-4,11-16H2,(H,28,32)(H,30,31)/t19-/m1/s1. The number of fused-ring (bicyclic) bond motifs is 3. The molecular formula is C26H27FN2O3. The monoisotopic (exact) mass is 434 g/mol. The number of halogens is 1. The molecule has 5 rings (SSSR count). The van der Waals surface area contributed by atoms with Gasteiger partial charge >= 0.3 is 5.97 Å². The Morgan fingerprint density at radius 3 is 2.53 bits per heavy atom. The lowest BCUT2D eigenvalue weighted by atomic mass is 9.77.